The zero-order valence-corrected chi connectivity index (χ0v) is 8.54. The van der Waals surface area contributed by atoms with Gasteiger partial charge in [-0.05, 0) is 17.7 Å². The number of halogens is 1. The number of nitrogens with zero attached hydrogens (tertiary/aromatic N) is 1. The Hall–Kier alpha value is -1.13. The Balaban J connectivity index is 2.24. The molecule has 3 nitrogen and oxygen atoms in total. The lowest BCUT2D eigenvalue weighted by atomic mass is 10.1. The molecule has 0 amide bonds. The van der Waals surface area contributed by atoms with E-state index in [1.807, 2.05) is 4.90 Å². The summed E-state index contributed by atoms with van der Waals surface area (Å²) in [5, 5.41) is 12.2. The Morgan fingerprint density at radius 2 is 2.07 bits per heavy atom. The van der Waals surface area contributed by atoms with E-state index in [9.17, 15) is 4.39 Å². The van der Waals surface area contributed by atoms with Crippen LogP contribution in [0.15, 0.2) is 18.2 Å². The van der Waals surface area contributed by atoms with E-state index < -0.39 is 0 Å². The monoisotopic (exact) mass is 210 g/mol. The molecule has 4 heteroatoms. The van der Waals surface area contributed by atoms with Gasteiger partial charge in [0.25, 0.3) is 0 Å². The van der Waals surface area contributed by atoms with Crippen molar-refractivity contribution in [3.05, 3.63) is 29.6 Å². The predicted octanol–water partition coefficient (Wildman–Crippen LogP) is 0.728. The lowest BCUT2D eigenvalue weighted by Crippen LogP contribution is -2.43. The van der Waals surface area contributed by atoms with E-state index in [2.05, 4.69) is 5.32 Å². The minimum absolute atomic E-state index is 0.0423. The summed E-state index contributed by atoms with van der Waals surface area (Å²) in [6, 6.07) is 4.75. The van der Waals surface area contributed by atoms with Crippen LogP contribution in [0.2, 0.25) is 0 Å². The average Bonchev–Trinajstić information content (AvgIpc) is 2.31. The van der Waals surface area contributed by atoms with Crippen LogP contribution in [0.1, 0.15) is 5.56 Å². The van der Waals surface area contributed by atoms with Crippen LogP contribution in [-0.4, -0.2) is 31.3 Å². The summed E-state index contributed by atoms with van der Waals surface area (Å²) in [6.07, 6.45) is 0. The molecule has 1 aliphatic heterocycles. The first-order valence-electron chi connectivity index (χ1n) is 5.16. The molecule has 0 unspecified atom stereocenters. The lowest BCUT2D eigenvalue weighted by molar-refractivity contribution is 0.281. The minimum Gasteiger partial charge on any atom is -0.392 e. The van der Waals surface area contributed by atoms with Gasteiger partial charge >= 0.3 is 0 Å². The molecule has 0 radical (unpaired) electrons. The molecule has 15 heavy (non-hydrogen) atoms. The van der Waals surface area contributed by atoms with Crippen LogP contribution in [0.25, 0.3) is 0 Å². The molecule has 0 saturated carbocycles. The number of anilines is 1. The fourth-order valence-electron chi connectivity index (χ4n) is 1.80. The number of hydrogen-bond acceptors (Lipinski definition) is 3. The standard InChI is InChI=1S/C11H15FN2O/c12-10-2-1-9(8-15)7-11(10)14-5-3-13-4-6-14/h1-2,7,13,15H,3-6,8H2. The maximum atomic E-state index is 13.5. The molecule has 1 aromatic carbocycles. The smallest absolute Gasteiger partial charge is 0.146 e. The number of rotatable bonds is 2. The number of benzene rings is 1. The third kappa shape index (κ3) is 2.27. The maximum Gasteiger partial charge on any atom is 0.146 e. The Bertz CT molecular complexity index is 337. The van der Waals surface area contributed by atoms with Gasteiger partial charge in [-0.25, -0.2) is 4.39 Å². The molecule has 1 heterocycles. The zero-order chi connectivity index (χ0) is 10.7. The van der Waals surface area contributed by atoms with Gasteiger partial charge < -0.3 is 15.3 Å². The van der Waals surface area contributed by atoms with Crippen LogP contribution in [0.3, 0.4) is 0 Å². The summed E-state index contributed by atoms with van der Waals surface area (Å²) in [5.41, 5.74) is 1.35. The fourth-order valence-corrected chi connectivity index (χ4v) is 1.80. The molecule has 0 aliphatic carbocycles. The first-order chi connectivity index (χ1) is 7.31. The third-order valence-electron chi connectivity index (χ3n) is 2.65. The number of nitrogens with one attached hydrogen (secondary N) is 1. The SMILES string of the molecule is OCc1ccc(F)c(N2CCNCC2)c1. The van der Waals surface area contributed by atoms with Gasteiger partial charge in [0.15, 0.2) is 0 Å². The second kappa shape index (κ2) is 4.59. The van der Waals surface area contributed by atoms with E-state index in [1.165, 1.54) is 6.07 Å². The highest BCUT2D eigenvalue weighted by Crippen LogP contribution is 2.21. The maximum absolute atomic E-state index is 13.5. The Morgan fingerprint density at radius 3 is 2.73 bits per heavy atom. The molecule has 2 N–H and O–H groups in total. The predicted molar refractivity (Wildman–Crippen MR) is 57.4 cm³/mol. The highest BCUT2D eigenvalue weighted by molar-refractivity contribution is 5.50. The van der Waals surface area contributed by atoms with Gasteiger partial charge in [0.1, 0.15) is 5.82 Å². The minimum atomic E-state index is -0.214. The molecule has 0 atom stereocenters. The van der Waals surface area contributed by atoms with E-state index in [-0.39, 0.29) is 12.4 Å². The molecule has 82 valence electrons. The first-order valence-corrected chi connectivity index (χ1v) is 5.16. The first kappa shape index (κ1) is 10.4. The molecular formula is C11H15FN2O. The van der Waals surface area contributed by atoms with Gasteiger partial charge in [0.05, 0.1) is 12.3 Å². The van der Waals surface area contributed by atoms with Crippen molar-refractivity contribution < 1.29 is 9.50 Å². The van der Waals surface area contributed by atoms with Crippen molar-refractivity contribution in [3.63, 3.8) is 0 Å². The van der Waals surface area contributed by atoms with Crippen molar-refractivity contribution in [2.45, 2.75) is 6.61 Å². The summed E-state index contributed by atoms with van der Waals surface area (Å²) in [5.74, 6) is -0.214. The number of aliphatic hydroxyl groups is 1. The Morgan fingerprint density at radius 1 is 1.33 bits per heavy atom. The van der Waals surface area contributed by atoms with Gasteiger partial charge in [0, 0.05) is 26.2 Å². The van der Waals surface area contributed by atoms with E-state index in [0.717, 1.165) is 31.7 Å². The van der Waals surface area contributed by atoms with Crippen molar-refractivity contribution in [1.82, 2.24) is 5.32 Å². The summed E-state index contributed by atoms with van der Waals surface area (Å²) in [6.45, 7) is 3.34. The van der Waals surface area contributed by atoms with Crippen LogP contribution in [0.5, 0.6) is 0 Å². The van der Waals surface area contributed by atoms with E-state index in [0.29, 0.717) is 5.69 Å². The third-order valence-corrected chi connectivity index (χ3v) is 2.65. The van der Waals surface area contributed by atoms with Crippen molar-refractivity contribution in [3.8, 4) is 0 Å². The van der Waals surface area contributed by atoms with Gasteiger partial charge in [-0.3, -0.25) is 0 Å². The van der Waals surface area contributed by atoms with Gasteiger partial charge in [-0.2, -0.15) is 0 Å². The number of hydrogen-bond donors (Lipinski definition) is 2. The van der Waals surface area contributed by atoms with Gasteiger partial charge in [0.2, 0.25) is 0 Å². The zero-order valence-electron chi connectivity index (χ0n) is 8.54. The second-order valence-corrected chi connectivity index (χ2v) is 3.68. The quantitative estimate of drug-likeness (QED) is 0.755. The Kier molecular flexibility index (Phi) is 3.18. The molecular weight excluding hydrogens is 195 g/mol. The fraction of sp³-hybridized carbons (Fsp3) is 0.455. The van der Waals surface area contributed by atoms with Crippen LogP contribution in [-0.2, 0) is 6.61 Å². The molecule has 0 spiro atoms. The van der Waals surface area contributed by atoms with Gasteiger partial charge in [-0.15, -0.1) is 0 Å². The summed E-state index contributed by atoms with van der Waals surface area (Å²) >= 11 is 0. The van der Waals surface area contributed by atoms with E-state index in [4.69, 9.17) is 5.11 Å². The highest BCUT2D eigenvalue weighted by Gasteiger charge is 2.14. The summed E-state index contributed by atoms with van der Waals surface area (Å²) < 4.78 is 13.5. The largest absolute Gasteiger partial charge is 0.392 e. The molecule has 0 bridgehead atoms. The van der Waals surface area contributed by atoms with Crippen LogP contribution < -0.4 is 10.2 Å². The molecule has 1 aliphatic rings. The average molecular weight is 210 g/mol. The summed E-state index contributed by atoms with van der Waals surface area (Å²) in [7, 11) is 0. The normalized spacial score (nSPS) is 16.8. The van der Waals surface area contributed by atoms with E-state index in [1.54, 1.807) is 12.1 Å². The molecule has 0 aromatic heterocycles. The van der Waals surface area contributed by atoms with Crippen molar-refractivity contribution in [1.29, 1.82) is 0 Å². The van der Waals surface area contributed by atoms with Crippen molar-refractivity contribution in [2.75, 3.05) is 31.1 Å². The molecule has 1 saturated heterocycles. The Labute approximate surface area is 88.5 Å². The van der Waals surface area contributed by atoms with Crippen molar-refractivity contribution >= 4 is 5.69 Å². The van der Waals surface area contributed by atoms with Crippen LogP contribution in [0, 0.1) is 5.82 Å². The summed E-state index contributed by atoms with van der Waals surface area (Å²) in [4.78, 5) is 2.00. The van der Waals surface area contributed by atoms with Gasteiger partial charge in [-0.1, -0.05) is 6.07 Å². The number of piperazine rings is 1. The van der Waals surface area contributed by atoms with Crippen LogP contribution >= 0.6 is 0 Å². The molecule has 1 aromatic rings. The van der Waals surface area contributed by atoms with Crippen molar-refractivity contribution in [2.24, 2.45) is 0 Å². The van der Waals surface area contributed by atoms with Crippen LogP contribution in [0.4, 0.5) is 10.1 Å². The number of aliphatic hydroxyl groups excluding tert-OH is 1. The topological polar surface area (TPSA) is 35.5 Å². The molecule has 1 fully saturated rings. The van der Waals surface area contributed by atoms with E-state index >= 15 is 0 Å². The highest BCUT2D eigenvalue weighted by atomic mass is 19.1. The lowest BCUT2D eigenvalue weighted by Gasteiger charge is -2.29. The molecule has 2 rings (SSSR count). The second-order valence-electron chi connectivity index (χ2n) is 3.68.